The van der Waals surface area contributed by atoms with Gasteiger partial charge in [-0.3, -0.25) is 9.58 Å². The van der Waals surface area contributed by atoms with Crippen molar-refractivity contribution in [3.8, 4) is 16.9 Å². The molecule has 5 heterocycles. The molecule has 0 aliphatic carbocycles. The minimum absolute atomic E-state index is 0.00952. The van der Waals surface area contributed by atoms with E-state index in [2.05, 4.69) is 65.7 Å². The van der Waals surface area contributed by atoms with E-state index >= 15 is 0 Å². The third-order valence-corrected chi connectivity index (χ3v) is 7.98. The van der Waals surface area contributed by atoms with Crippen molar-refractivity contribution in [3.63, 3.8) is 0 Å². The highest BCUT2D eigenvalue weighted by molar-refractivity contribution is 5.70. The number of rotatable bonds is 5. The van der Waals surface area contributed by atoms with Crippen molar-refractivity contribution >= 4 is 6.09 Å². The summed E-state index contributed by atoms with van der Waals surface area (Å²) < 4.78 is 14.1. The molecule has 1 aromatic heterocycles. The molecule has 0 saturated carbocycles. The average molecular weight is 487 g/mol. The fourth-order valence-corrected chi connectivity index (χ4v) is 5.82. The quantitative estimate of drug-likeness (QED) is 0.557. The lowest BCUT2D eigenvalue weighted by molar-refractivity contribution is -0.0361. The van der Waals surface area contributed by atoms with Crippen LogP contribution >= 0.6 is 0 Å². The van der Waals surface area contributed by atoms with Gasteiger partial charge in [-0.15, -0.1) is 0 Å². The van der Waals surface area contributed by atoms with Crippen LogP contribution in [-0.2, 0) is 11.3 Å². The highest BCUT2D eigenvalue weighted by Gasteiger charge is 2.41. The normalized spacial score (nSPS) is 26.1. The van der Waals surface area contributed by atoms with Crippen molar-refractivity contribution < 1.29 is 14.3 Å². The van der Waals surface area contributed by atoms with E-state index in [0.29, 0.717) is 12.5 Å². The summed E-state index contributed by atoms with van der Waals surface area (Å²) in [5, 5.41) is 7.73. The summed E-state index contributed by atoms with van der Waals surface area (Å²) in [4.78, 5) is 15.4. The van der Waals surface area contributed by atoms with Gasteiger partial charge in [-0.25, -0.2) is 4.79 Å². The summed E-state index contributed by atoms with van der Waals surface area (Å²) in [7, 11) is 0. The van der Waals surface area contributed by atoms with Gasteiger partial charge in [0.05, 0.1) is 25.4 Å². The number of aromatic nitrogens is 2. The highest BCUT2D eigenvalue weighted by atomic mass is 16.6. The molecule has 188 valence electrons. The van der Waals surface area contributed by atoms with Gasteiger partial charge in [-0.1, -0.05) is 56.3 Å². The predicted octanol–water partition coefficient (Wildman–Crippen LogP) is 4.88. The van der Waals surface area contributed by atoms with Crippen molar-refractivity contribution in [1.82, 2.24) is 20.0 Å². The third kappa shape index (κ3) is 4.60. The van der Waals surface area contributed by atoms with Crippen LogP contribution in [0.15, 0.2) is 60.9 Å². The van der Waals surface area contributed by atoms with Crippen LogP contribution < -0.4 is 10.1 Å². The highest BCUT2D eigenvalue weighted by Crippen LogP contribution is 2.44. The topological polar surface area (TPSA) is 68.6 Å². The second-order valence-electron chi connectivity index (χ2n) is 11.1. The second kappa shape index (κ2) is 9.28. The summed E-state index contributed by atoms with van der Waals surface area (Å²) in [6, 6.07) is 16.3. The first-order valence-electron chi connectivity index (χ1n) is 13.0. The lowest BCUT2D eigenvalue weighted by Crippen LogP contribution is -2.53. The molecule has 1 unspecified atom stereocenters. The number of ether oxygens (including phenoxy) is 2. The van der Waals surface area contributed by atoms with Gasteiger partial charge in [-0.2, -0.15) is 5.10 Å². The number of nitrogens with zero attached hydrogens (tertiary/aromatic N) is 3. The zero-order chi connectivity index (χ0) is 24.7. The van der Waals surface area contributed by atoms with Gasteiger partial charge >= 0.3 is 6.09 Å². The van der Waals surface area contributed by atoms with Crippen LogP contribution in [0.1, 0.15) is 43.9 Å². The maximum Gasteiger partial charge on any atom is 0.407 e. The molecule has 2 bridgehead atoms. The Hall–Kier alpha value is -3.32. The zero-order valence-corrected chi connectivity index (χ0v) is 21.0. The Morgan fingerprint density at radius 2 is 1.94 bits per heavy atom. The third-order valence-electron chi connectivity index (χ3n) is 7.98. The van der Waals surface area contributed by atoms with Gasteiger partial charge in [0.1, 0.15) is 11.9 Å². The Bertz CT molecular complexity index is 1230. The summed E-state index contributed by atoms with van der Waals surface area (Å²) in [6.07, 6.45) is 5.85. The van der Waals surface area contributed by atoms with E-state index in [1.165, 1.54) is 5.56 Å². The van der Waals surface area contributed by atoms with Crippen LogP contribution in [0.5, 0.6) is 5.75 Å². The van der Waals surface area contributed by atoms with E-state index in [9.17, 15) is 4.79 Å². The van der Waals surface area contributed by atoms with E-state index in [-0.39, 0.29) is 23.7 Å². The largest absolute Gasteiger partial charge is 0.493 e. The number of benzene rings is 2. The average Bonchev–Trinajstić information content (AvgIpc) is 3.35. The molecule has 7 rings (SSSR count). The number of hydrogen-bond acceptors (Lipinski definition) is 5. The van der Waals surface area contributed by atoms with Crippen LogP contribution in [0.3, 0.4) is 0 Å². The number of fused-ring (bicyclic) bond motifs is 4. The molecule has 0 radical (unpaired) electrons. The van der Waals surface area contributed by atoms with E-state index in [1.54, 1.807) is 0 Å². The number of amides is 1. The Morgan fingerprint density at radius 3 is 2.69 bits per heavy atom. The van der Waals surface area contributed by atoms with Crippen molar-refractivity contribution in [1.29, 1.82) is 0 Å². The second-order valence-corrected chi connectivity index (χ2v) is 11.1. The number of alkyl carbamates (subject to hydrolysis) is 1. The SMILES string of the molecule is CC1(C)COc2cc(-c3cnn(Cc4ccccc4)c3)ccc2C1NC(=O)O[C@@H]1CN2CCC1CC2. The summed E-state index contributed by atoms with van der Waals surface area (Å²) in [5.41, 5.74) is 4.01. The van der Waals surface area contributed by atoms with Crippen molar-refractivity contribution in [2.45, 2.75) is 45.4 Å². The van der Waals surface area contributed by atoms with E-state index in [0.717, 1.165) is 61.5 Å². The van der Waals surface area contributed by atoms with Crippen LogP contribution in [0.4, 0.5) is 4.79 Å². The molecule has 1 N–H and O–H groups in total. The van der Waals surface area contributed by atoms with E-state index in [1.807, 2.05) is 29.1 Å². The summed E-state index contributed by atoms with van der Waals surface area (Å²) in [6.45, 7) is 8.59. The zero-order valence-electron chi connectivity index (χ0n) is 21.0. The fraction of sp³-hybridized carbons (Fsp3) is 0.448. The number of carbonyl (C=O) groups excluding carboxylic acids is 1. The molecule has 2 aromatic carbocycles. The number of piperidine rings is 3. The minimum atomic E-state index is -0.328. The van der Waals surface area contributed by atoms with Crippen LogP contribution in [-0.4, -0.2) is 53.1 Å². The van der Waals surface area contributed by atoms with Gasteiger partial charge < -0.3 is 14.8 Å². The Labute approximate surface area is 212 Å². The molecule has 1 amide bonds. The molecule has 7 heteroatoms. The number of carbonyl (C=O) groups is 1. The molecule has 0 spiro atoms. The van der Waals surface area contributed by atoms with Gasteiger partial charge in [0, 0.05) is 29.3 Å². The standard InChI is InChI=1S/C29H34N4O3/c1-29(2)19-35-25-14-22(23-15-30-33(17-23)16-20-6-4-3-5-7-20)8-9-24(25)27(29)31-28(34)36-26-18-32-12-10-21(26)11-13-32/h3-9,14-15,17,21,26-27H,10-13,16,18-19H2,1-2H3,(H,31,34)/t26-,27?/m1/s1. The molecule has 4 aliphatic heterocycles. The van der Waals surface area contributed by atoms with Crippen LogP contribution in [0, 0.1) is 11.3 Å². The van der Waals surface area contributed by atoms with Crippen LogP contribution in [0.25, 0.3) is 11.1 Å². The van der Waals surface area contributed by atoms with Gasteiger partial charge in [-0.05, 0) is 49.0 Å². The molecule has 36 heavy (non-hydrogen) atoms. The van der Waals surface area contributed by atoms with E-state index < -0.39 is 0 Å². The van der Waals surface area contributed by atoms with Gasteiger partial charge in [0.25, 0.3) is 0 Å². The van der Waals surface area contributed by atoms with Gasteiger partial charge in [0.15, 0.2) is 0 Å². The summed E-state index contributed by atoms with van der Waals surface area (Å²) >= 11 is 0. The first kappa shape index (κ1) is 23.1. The lowest BCUT2D eigenvalue weighted by Gasteiger charge is -2.44. The monoisotopic (exact) mass is 486 g/mol. The fourth-order valence-electron chi connectivity index (χ4n) is 5.82. The number of nitrogens with one attached hydrogen (secondary N) is 1. The molecule has 7 nitrogen and oxygen atoms in total. The molecule has 3 aromatic rings. The first-order valence-corrected chi connectivity index (χ1v) is 13.0. The lowest BCUT2D eigenvalue weighted by atomic mass is 9.78. The molecular weight excluding hydrogens is 452 g/mol. The molecule has 2 atom stereocenters. The van der Waals surface area contributed by atoms with Crippen molar-refractivity contribution in [2.24, 2.45) is 11.3 Å². The predicted molar refractivity (Wildman–Crippen MR) is 138 cm³/mol. The molecule has 4 aliphatic rings. The Kier molecular flexibility index (Phi) is 5.96. The van der Waals surface area contributed by atoms with Crippen LogP contribution in [0.2, 0.25) is 0 Å². The van der Waals surface area contributed by atoms with Gasteiger partial charge in [0.2, 0.25) is 0 Å². The van der Waals surface area contributed by atoms with E-state index in [4.69, 9.17) is 9.47 Å². The van der Waals surface area contributed by atoms with Crippen molar-refractivity contribution in [3.05, 3.63) is 72.1 Å². The molecule has 3 saturated heterocycles. The molecule has 3 fully saturated rings. The maximum absolute atomic E-state index is 13.0. The maximum atomic E-state index is 13.0. The first-order chi connectivity index (χ1) is 17.4. The Balaban J connectivity index is 1.18. The Morgan fingerprint density at radius 1 is 1.14 bits per heavy atom. The molecular formula is C29H34N4O3. The number of hydrogen-bond donors (Lipinski definition) is 1. The minimum Gasteiger partial charge on any atom is -0.493 e. The summed E-state index contributed by atoms with van der Waals surface area (Å²) in [5.74, 6) is 1.29. The smallest absolute Gasteiger partial charge is 0.407 e. The van der Waals surface area contributed by atoms with Crippen molar-refractivity contribution in [2.75, 3.05) is 26.2 Å².